The lowest BCUT2D eigenvalue weighted by atomic mass is 10.0. The molecule has 0 aliphatic carbocycles. The van der Waals surface area contributed by atoms with Crippen LogP contribution < -0.4 is 14.5 Å². The molecule has 166 valence electrons. The van der Waals surface area contributed by atoms with E-state index in [4.69, 9.17) is 9.72 Å². The molecular weight excluding hydrogens is 406 g/mol. The summed E-state index contributed by atoms with van der Waals surface area (Å²) in [7, 11) is 1.73. The monoisotopic (exact) mass is 435 g/mol. The molecule has 4 heteroatoms. The Hall–Kier alpha value is -3.53. The molecule has 3 heterocycles. The maximum Gasteiger partial charge on any atom is 0.119 e. The highest BCUT2D eigenvalue weighted by molar-refractivity contribution is 5.80. The van der Waals surface area contributed by atoms with Crippen molar-refractivity contribution < 1.29 is 4.74 Å². The second-order valence-corrected chi connectivity index (χ2v) is 9.18. The van der Waals surface area contributed by atoms with Crippen LogP contribution in [0.1, 0.15) is 29.7 Å². The van der Waals surface area contributed by atoms with Crippen LogP contribution in [0.5, 0.6) is 5.75 Å². The second-order valence-electron chi connectivity index (χ2n) is 9.18. The van der Waals surface area contributed by atoms with Crippen molar-refractivity contribution in [2.45, 2.75) is 38.4 Å². The zero-order chi connectivity index (χ0) is 22.2. The summed E-state index contributed by atoms with van der Waals surface area (Å²) in [6.45, 7) is 2.76. The van der Waals surface area contributed by atoms with Gasteiger partial charge in [-0.1, -0.05) is 42.5 Å². The average Bonchev–Trinajstić information content (AvgIpc) is 3.32. The Morgan fingerprint density at radius 1 is 0.939 bits per heavy atom. The normalized spacial score (nSPS) is 17.5. The lowest BCUT2D eigenvalue weighted by Crippen LogP contribution is -2.32. The van der Waals surface area contributed by atoms with Gasteiger partial charge in [0.2, 0.25) is 0 Å². The molecular formula is C29H29N3O. The van der Waals surface area contributed by atoms with Gasteiger partial charge in [-0.25, -0.2) is 0 Å². The van der Waals surface area contributed by atoms with E-state index >= 15 is 0 Å². The van der Waals surface area contributed by atoms with Gasteiger partial charge < -0.3 is 14.5 Å². The molecule has 0 bridgehead atoms. The maximum atomic E-state index is 5.50. The van der Waals surface area contributed by atoms with Gasteiger partial charge in [-0.3, -0.25) is 4.98 Å². The van der Waals surface area contributed by atoms with Crippen LogP contribution in [0, 0.1) is 0 Å². The summed E-state index contributed by atoms with van der Waals surface area (Å²) in [6, 6.07) is 28.7. The predicted octanol–water partition coefficient (Wildman–Crippen LogP) is 5.98. The number of rotatable bonds is 3. The first-order valence-electron chi connectivity index (χ1n) is 11.9. The Labute approximate surface area is 195 Å². The quantitative estimate of drug-likeness (QED) is 0.396. The van der Waals surface area contributed by atoms with Gasteiger partial charge in [0.25, 0.3) is 0 Å². The third-order valence-corrected chi connectivity index (χ3v) is 7.10. The molecule has 0 saturated carbocycles. The average molecular weight is 436 g/mol. The molecule has 1 aromatic heterocycles. The van der Waals surface area contributed by atoms with Gasteiger partial charge in [-0.2, -0.15) is 0 Å². The van der Waals surface area contributed by atoms with Gasteiger partial charge in [0.05, 0.1) is 24.0 Å². The lowest BCUT2D eigenvalue weighted by molar-refractivity contribution is 0.414. The number of ether oxygens (including phenoxy) is 1. The van der Waals surface area contributed by atoms with E-state index in [2.05, 4.69) is 82.6 Å². The maximum absolute atomic E-state index is 5.50. The molecule has 0 amide bonds. The second kappa shape index (κ2) is 8.43. The number of para-hydroxylation sites is 3. The summed E-state index contributed by atoms with van der Waals surface area (Å²) >= 11 is 0. The smallest absolute Gasteiger partial charge is 0.119 e. The molecule has 1 atom stereocenters. The van der Waals surface area contributed by atoms with Crippen LogP contribution in [-0.2, 0) is 19.5 Å². The highest BCUT2D eigenvalue weighted by Gasteiger charge is 2.31. The van der Waals surface area contributed by atoms with E-state index < -0.39 is 0 Å². The minimum Gasteiger partial charge on any atom is -0.497 e. The Kier molecular flexibility index (Phi) is 5.14. The van der Waals surface area contributed by atoms with Crippen LogP contribution in [0.4, 0.5) is 11.4 Å². The van der Waals surface area contributed by atoms with E-state index in [1.165, 1.54) is 46.4 Å². The van der Waals surface area contributed by atoms with Gasteiger partial charge in [0.15, 0.2) is 0 Å². The van der Waals surface area contributed by atoms with Crippen LogP contribution in [0.15, 0.2) is 78.9 Å². The molecule has 2 aliphatic rings. The van der Waals surface area contributed by atoms with Crippen LogP contribution in [0.25, 0.3) is 10.9 Å². The number of aromatic nitrogens is 1. The van der Waals surface area contributed by atoms with Gasteiger partial charge in [-0.15, -0.1) is 0 Å². The third-order valence-electron chi connectivity index (χ3n) is 7.10. The molecule has 4 aromatic rings. The standard InChI is InChI=1S/C29H29N3O/c1-33-25-11-6-8-21(16-25)19-31-20-23-17-22-9-2-3-12-26(22)30-27(23)18-24-10-7-15-32(24)29-14-5-4-13-28(29)31/h2-6,8-9,11-14,16-17,24H,7,10,15,18-20H2,1H3. The first-order valence-corrected chi connectivity index (χ1v) is 11.9. The van der Waals surface area contributed by atoms with E-state index in [1.54, 1.807) is 7.11 Å². The number of fused-ring (bicyclic) bond motifs is 5. The van der Waals surface area contributed by atoms with Gasteiger partial charge in [-0.05, 0) is 60.4 Å². The number of hydrogen-bond acceptors (Lipinski definition) is 4. The molecule has 0 N–H and O–H groups in total. The molecule has 1 fully saturated rings. The summed E-state index contributed by atoms with van der Waals surface area (Å²) in [5.74, 6) is 0.901. The summed E-state index contributed by atoms with van der Waals surface area (Å²) in [5, 5.41) is 1.22. The Bertz CT molecular complexity index is 1300. The third kappa shape index (κ3) is 3.80. The Morgan fingerprint density at radius 2 is 1.79 bits per heavy atom. The van der Waals surface area contributed by atoms with E-state index in [0.29, 0.717) is 6.04 Å². The number of pyridine rings is 1. The predicted molar refractivity (Wildman–Crippen MR) is 135 cm³/mol. The summed E-state index contributed by atoms with van der Waals surface area (Å²) < 4.78 is 5.50. The number of hydrogen-bond donors (Lipinski definition) is 0. The fourth-order valence-corrected chi connectivity index (χ4v) is 5.50. The minimum absolute atomic E-state index is 0.496. The summed E-state index contributed by atoms with van der Waals surface area (Å²) in [5.41, 5.74) is 7.57. The van der Waals surface area contributed by atoms with Crippen molar-refractivity contribution in [2.24, 2.45) is 0 Å². The molecule has 33 heavy (non-hydrogen) atoms. The van der Waals surface area contributed by atoms with E-state index in [-0.39, 0.29) is 0 Å². The SMILES string of the molecule is COc1cccc(CN2Cc3cc4ccccc4nc3CC3CCCN3c3ccccc32)c1. The molecule has 2 aliphatic heterocycles. The highest BCUT2D eigenvalue weighted by Crippen LogP contribution is 2.39. The van der Waals surface area contributed by atoms with Crippen molar-refractivity contribution in [1.82, 2.24) is 4.98 Å². The highest BCUT2D eigenvalue weighted by atomic mass is 16.5. The number of nitrogens with zero attached hydrogens (tertiary/aromatic N) is 3. The Morgan fingerprint density at radius 3 is 2.70 bits per heavy atom. The largest absolute Gasteiger partial charge is 0.497 e. The molecule has 0 radical (unpaired) electrons. The van der Waals surface area contributed by atoms with Crippen molar-refractivity contribution in [3.05, 3.63) is 95.7 Å². The van der Waals surface area contributed by atoms with Crippen LogP contribution in [-0.4, -0.2) is 24.7 Å². The van der Waals surface area contributed by atoms with Crippen molar-refractivity contribution in [2.75, 3.05) is 23.5 Å². The number of methoxy groups -OCH3 is 1. The van der Waals surface area contributed by atoms with E-state index in [9.17, 15) is 0 Å². The van der Waals surface area contributed by atoms with Crippen LogP contribution >= 0.6 is 0 Å². The van der Waals surface area contributed by atoms with Gasteiger partial charge >= 0.3 is 0 Å². The topological polar surface area (TPSA) is 28.6 Å². The van der Waals surface area contributed by atoms with Crippen molar-refractivity contribution in [3.63, 3.8) is 0 Å². The minimum atomic E-state index is 0.496. The zero-order valence-electron chi connectivity index (χ0n) is 19.1. The molecule has 4 nitrogen and oxygen atoms in total. The van der Waals surface area contributed by atoms with Crippen molar-refractivity contribution in [3.8, 4) is 5.75 Å². The fraction of sp³-hybridized carbons (Fsp3) is 0.276. The van der Waals surface area contributed by atoms with E-state index in [0.717, 1.165) is 37.3 Å². The summed E-state index contributed by atoms with van der Waals surface area (Å²) in [6.07, 6.45) is 3.46. The molecule has 3 aromatic carbocycles. The van der Waals surface area contributed by atoms with Gasteiger partial charge in [0, 0.05) is 43.2 Å². The van der Waals surface area contributed by atoms with E-state index in [1.807, 2.05) is 6.07 Å². The summed E-state index contributed by atoms with van der Waals surface area (Å²) in [4.78, 5) is 10.3. The molecule has 0 spiro atoms. The fourth-order valence-electron chi connectivity index (χ4n) is 5.50. The Balaban J connectivity index is 1.50. The first kappa shape index (κ1) is 20.1. The van der Waals surface area contributed by atoms with Crippen LogP contribution in [0.2, 0.25) is 0 Å². The van der Waals surface area contributed by atoms with Crippen molar-refractivity contribution >= 4 is 22.3 Å². The lowest BCUT2D eigenvalue weighted by Gasteiger charge is -2.32. The van der Waals surface area contributed by atoms with Crippen LogP contribution in [0.3, 0.4) is 0 Å². The number of benzene rings is 3. The van der Waals surface area contributed by atoms with Crippen molar-refractivity contribution in [1.29, 1.82) is 0 Å². The van der Waals surface area contributed by atoms with Gasteiger partial charge in [0.1, 0.15) is 5.75 Å². The first-order chi connectivity index (χ1) is 16.3. The molecule has 1 unspecified atom stereocenters. The molecule has 6 rings (SSSR count). The zero-order valence-corrected chi connectivity index (χ0v) is 19.1. The molecule has 1 saturated heterocycles. The number of anilines is 2.